The second-order valence-electron chi connectivity index (χ2n) is 3.26. The van der Waals surface area contributed by atoms with Crippen LogP contribution < -0.4 is 0 Å². The van der Waals surface area contributed by atoms with E-state index in [-0.39, 0.29) is 0 Å². The van der Waals surface area contributed by atoms with E-state index in [0.29, 0.717) is 0 Å². The molecule has 0 spiro atoms. The van der Waals surface area contributed by atoms with Crippen LogP contribution in [-0.4, -0.2) is 19.7 Å². The number of nitrogens with zero attached hydrogens (tertiary/aromatic N) is 4. The predicted molar refractivity (Wildman–Crippen MR) is 59.6 cm³/mol. The Morgan fingerprint density at radius 3 is 3.00 bits per heavy atom. The number of rotatable bonds is 1. The minimum atomic E-state index is 0.922. The first-order valence-electron chi connectivity index (χ1n) is 4.51. The van der Waals surface area contributed by atoms with E-state index in [4.69, 9.17) is 0 Å². The van der Waals surface area contributed by atoms with Crippen molar-refractivity contribution in [2.75, 3.05) is 0 Å². The summed E-state index contributed by atoms with van der Waals surface area (Å²) in [6.45, 7) is 0. The minimum absolute atomic E-state index is 0.922. The Bertz CT molecular complexity index is 597. The molecule has 0 atom stereocenters. The van der Waals surface area contributed by atoms with E-state index in [1.165, 1.54) is 0 Å². The summed E-state index contributed by atoms with van der Waals surface area (Å²) in [6.07, 6.45) is 5.48. The summed E-state index contributed by atoms with van der Waals surface area (Å²) >= 11 is 1.61. The maximum absolute atomic E-state index is 4.35. The smallest absolute Gasteiger partial charge is 0.108 e. The number of pyridine rings is 1. The van der Waals surface area contributed by atoms with Crippen molar-refractivity contribution < 1.29 is 0 Å². The topological polar surface area (TPSA) is 43.6 Å². The summed E-state index contributed by atoms with van der Waals surface area (Å²) in [7, 11) is 1.92. The Morgan fingerprint density at radius 2 is 2.20 bits per heavy atom. The van der Waals surface area contributed by atoms with Gasteiger partial charge in [0.15, 0.2) is 0 Å². The Kier molecular flexibility index (Phi) is 1.78. The zero-order valence-electron chi connectivity index (χ0n) is 8.08. The number of aromatic nitrogens is 4. The Labute approximate surface area is 90.2 Å². The Balaban J connectivity index is 2.25. The van der Waals surface area contributed by atoms with Gasteiger partial charge >= 0.3 is 0 Å². The maximum atomic E-state index is 4.35. The molecule has 3 aromatic rings. The summed E-state index contributed by atoms with van der Waals surface area (Å²) in [5, 5.41) is 4.16. The molecule has 15 heavy (non-hydrogen) atoms. The molecule has 3 heterocycles. The molecule has 0 saturated heterocycles. The van der Waals surface area contributed by atoms with Crippen molar-refractivity contribution >= 4 is 22.4 Å². The molecule has 5 heteroatoms. The van der Waals surface area contributed by atoms with Crippen molar-refractivity contribution in [1.82, 2.24) is 19.7 Å². The van der Waals surface area contributed by atoms with E-state index in [2.05, 4.69) is 21.1 Å². The van der Waals surface area contributed by atoms with Gasteiger partial charge in [-0.25, -0.2) is 0 Å². The second-order valence-corrected chi connectivity index (χ2v) is 4.15. The molecule has 0 N–H and O–H groups in total. The van der Waals surface area contributed by atoms with Gasteiger partial charge in [0.1, 0.15) is 5.52 Å². The van der Waals surface area contributed by atoms with Crippen LogP contribution in [0, 0.1) is 0 Å². The lowest BCUT2D eigenvalue weighted by Crippen LogP contribution is -1.89. The van der Waals surface area contributed by atoms with Crippen molar-refractivity contribution in [2.24, 2.45) is 7.05 Å². The highest BCUT2D eigenvalue weighted by atomic mass is 32.1. The highest BCUT2D eigenvalue weighted by molar-refractivity contribution is 7.13. The normalized spacial score (nSPS) is 11.0. The van der Waals surface area contributed by atoms with Crippen molar-refractivity contribution in [3.8, 4) is 10.4 Å². The molecule has 0 radical (unpaired) electrons. The largest absolute Gasteiger partial charge is 0.266 e. The van der Waals surface area contributed by atoms with Gasteiger partial charge in [0.25, 0.3) is 0 Å². The summed E-state index contributed by atoms with van der Waals surface area (Å²) in [5.74, 6) is 0. The molecule has 4 nitrogen and oxygen atoms in total. The van der Waals surface area contributed by atoms with Crippen LogP contribution in [0.4, 0.5) is 0 Å². The van der Waals surface area contributed by atoms with Gasteiger partial charge in [-0.2, -0.15) is 5.10 Å². The lowest BCUT2D eigenvalue weighted by Gasteiger charge is -1.97. The number of fused-ring (bicyclic) bond motifs is 1. The number of hydrogen-bond acceptors (Lipinski definition) is 4. The van der Waals surface area contributed by atoms with Crippen LogP contribution in [0.2, 0.25) is 0 Å². The van der Waals surface area contributed by atoms with E-state index < -0.39 is 0 Å². The van der Waals surface area contributed by atoms with Crippen LogP contribution in [0.1, 0.15) is 0 Å². The van der Waals surface area contributed by atoms with Gasteiger partial charge in [0.2, 0.25) is 0 Å². The molecule has 0 amide bonds. The third-order valence-corrected chi connectivity index (χ3v) is 3.14. The highest BCUT2D eigenvalue weighted by Crippen LogP contribution is 2.24. The quantitative estimate of drug-likeness (QED) is 0.625. The lowest BCUT2D eigenvalue weighted by molar-refractivity contribution is 0.797. The first-order chi connectivity index (χ1) is 7.34. The fourth-order valence-corrected chi connectivity index (χ4v) is 2.12. The fourth-order valence-electron chi connectivity index (χ4n) is 1.52. The molecule has 0 saturated carbocycles. The van der Waals surface area contributed by atoms with E-state index in [1.54, 1.807) is 17.5 Å². The number of hydrogen-bond donors (Lipinski definition) is 0. The Hall–Kier alpha value is -1.75. The highest BCUT2D eigenvalue weighted by Gasteiger charge is 2.04. The van der Waals surface area contributed by atoms with Crippen LogP contribution in [0.25, 0.3) is 21.5 Å². The zero-order chi connectivity index (χ0) is 10.3. The molecule has 0 aliphatic rings. The molecule has 0 unspecified atom stereocenters. The van der Waals surface area contributed by atoms with Gasteiger partial charge < -0.3 is 0 Å². The molecule has 0 fully saturated rings. The average Bonchev–Trinajstić information content (AvgIpc) is 2.88. The van der Waals surface area contributed by atoms with Crippen molar-refractivity contribution in [2.45, 2.75) is 0 Å². The maximum Gasteiger partial charge on any atom is 0.108 e. The molecule has 3 aromatic heterocycles. The fraction of sp³-hybridized carbons (Fsp3) is 0.100. The molecular weight excluding hydrogens is 208 g/mol. The van der Waals surface area contributed by atoms with Gasteiger partial charge in [-0.3, -0.25) is 14.6 Å². The summed E-state index contributed by atoms with van der Waals surface area (Å²) in [4.78, 5) is 9.54. The van der Waals surface area contributed by atoms with Gasteiger partial charge in [0.05, 0.1) is 22.1 Å². The first kappa shape index (κ1) is 8.55. The van der Waals surface area contributed by atoms with Crippen molar-refractivity contribution in [1.29, 1.82) is 0 Å². The molecule has 74 valence electrons. The van der Waals surface area contributed by atoms with Crippen LogP contribution in [-0.2, 0) is 7.05 Å². The summed E-state index contributed by atoms with van der Waals surface area (Å²) in [5.41, 5.74) is 4.88. The van der Waals surface area contributed by atoms with Gasteiger partial charge in [-0.05, 0) is 6.07 Å². The van der Waals surface area contributed by atoms with E-state index in [1.807, 2.05) is 29.6 Å². The predicted octanol–water partition coefficient (Wildman–Crippen LogP) is 2.09. The molecular formula is C10H8N4S. The first-order valence-corrected chi connectivity index (χ1v) is 5.39. The average molecular weight is 216 g/mol. The monoisotopic (exact) mass is 216 g/mol. The van der Waals surface area contributed by atoms with Crippen molar-refractivity contribution in [3.05, 3.63) is 30.2 Å². The number of aryl methyl sites for hydroxylation is 1. The third-order valence-electron chi connectivity index (χ3n) is 2.32. The lowest BCUT2D eigenvalue weighted by atomic mass is 10.2. The summed E-state index contributed by atoms with van der Waals surface area (Å²) in [6, 6.07) is 2.09. The van der Waals surface area contributed by atoms with Gasteiger partial charge in [-0.15, -0.1) is 11.3 Å². The zero-order valence-corrected chi connectivity index (χ0v) is 8.90. The van der Waals surface area contributed by atoms with E-state index >= 15 is 0 Å². The van der Waals surface area contributed by atoms with Crippen LogP contribution in [0.3, 0.4) is 0 Å². The Morgan fingerprint density at radius 1 is 1.27 bits per heavy atom. The standard InChI is InChI=1S/C10H8N4S/c1-14-9-2-7(10-5-11-6-15-10)3-12-8(9)4-13-14/h2-6H,1H3. The second kappa shape index (κ2) is 3.13. The molecule has 0 aliphatic heterocycles. The van der Waals surface area contributed by atoms with Crippen LogP contribution >= 0.6 is 11.3 Å². The molecule has 0 aromatic carbocycles. The SMILES string of the molecule is Cn1ncc2ncc(-c3cncs3)cc21. The van der Waals surface area contributed by atoms with E-state index in [0.717, 1.165) is 21.5 Å². The van der Waals surface area contributed by atoms with Gasteiger partial charge in [-0.1, -0.05) is 0 Å². The van der Waals surface area contributed by atoms with Crippen LogP contribution in [0.15, 0.2) is 30.2 Å². The molecule has 3 rings (SSSR count). The van der Waals surface area contributed by atoms with Crippen molar-refractivity contribution in [3.63, 3.8) is 0 Å². The third kappa shape index (κ3) is 1.32. The molecule has 0 aliphatic carbocycles. The molecule has 0 bridgehead atoms. The minimum Gasteiger partial charge on any atom is -0.266 e. The number of thiazole rings is 1. The van der Waals surface area contributed by atoms with Gasteiger partial charge in [0, 0.05) is 25.0 Å². The summed E-state index contributed by atoms with van der Waals surface area (Å²) < 4.78 is 1.83. The van der Waals surface area contributed by atoms with Crippen LogP contribution in [0.5, 0.6) is 0 Å². The van der Waals surface area contributed by atoms with E-state index in [9.17, 15) is 0 Å².